The lowest BCUT2D eigenvalue weighted by atomic mass is 9.89. The van der Waals surface area contributed by atoms with E-state index in [1.807, 2.05) is 25.2 Å². The van der Waals surface area contributed by atoms with Crippen molar-refractivity contribution in [1.82, 2.24) is 10.3 Å². The Morgan fingerprint density at radius 1 is 1.16 bits per heavy atom. The van der Waals surface area contributed by atoms with Crippen LogP contribution in [0.4, 0.5) is 4.39 Å². The molecule has 2 rings (SSSR count). The number of aromatic nitrogens is 1. The minimum Gasteiger partial charge on any atom is -0.312 e. The lowest BCUT2D eigenvalue weighted by Gasteiger charge is -2.24. The van der Waals surface area contributed by atoms with Gasteiger partial charge in [-0.2, -0.15) is 0 Å². The molecule has 4 heteroatoms. The van der Waals surface area contributed by atoms with Gasteiger partial charge in [-0.15, -0.1) is 0 Å². The number of pyridine rings is 1. The highest BCUT2D eigenvalue weighted by molar-refractivity contribution is 9.10. The minimum absolute atomic E-state index is 0.0504. The molecule has 100 valence electrons. The summed E-state index contributed by atoms with van der Waals surface area (Å²) in [5.74, 6) is -0.00625. The Kier molecular flexibility index (Phi) is 4.66. The molecule has 0 amide bonds. The quantitative estimate of drug-likeness (QED) is 0.918. The molecule has 1 heterocycles. The summed E-state index contributed by atoms with van der Waals surface area (Å²) in [4.78, 5) is 4.03. The molecule has 1 aromatic carbocycles. The second-order valence-electron chi connectivity index (χ2n) is 4.54. The third-order valence-electron chi connectivity index (χ3n) is 3.29. The summed E-state index contributed by atoms with van der Waals surface area (Å²) in [5.41, 5.74) is 2.11. The maximum Gasteiger partial charge on any atom is 0.124 e. The molecule has 2 atom stereocenters. The predicted octanol–water partition coefficient (Wildman–Crippen LogP) is 4.05. The molecule has 2 aromatic rings. The SMILES string of the molecule is CNC(c1cc(F)cc(Br)c1)C(C)c1ccncc1. The van der Waals surface area contributed by atoms with Crippen LogP contribution >= 0.6 is 15.9 Å². The maximum absolute atomic E-state index is 13.5. The molecule has 2 nitrogen and oxygen atoms in total. The first-order valence-corrected chi connectivity index (χ1v) is 6.94. The molecule has 0 aliphatic carbocycles. The van der Waals surface area contributed by atoms with Crippen LogP contribution in [0.25, 0.3) is 0 Å². The number of likely N-dealkylation sites (N-methyl/N-ethyl adjacent to an activating group) is 1. The van der Waals surface area contributed by atoms with E-state index in [1.165, 1.54) is 11.6 Å². The average Bonchev–Trinajstić information content (AvgIpc) is 2.39. The van der Waals surface area contributed by atoms with Crippen molar-refractivity contribution in [3.63, 3.8) is 0 Å². The molecule has 1 N–H and O–H groups in total. The highest BCUT2D eigenvalue weighted by atomic mass is 79.9. The summed E-state index contributed by atoms with van der Waals surface area (Å²) in [7, 11) is 1.89. The molecule has 0 aliphatic rings. The van der Waals surface area contributed by atoms with Crippen LogP contribution in [-0.4, -0.2) is 12.0 Å². The van der Waals surface area contributed by atoms with Crippen LogP contribution in [0, 0.1) is 5.82 Å². The van der Waals surface area contributed by atoms with Crippen molar-refractivity contribution in [2.45, 2.75) is 18.9 Å². The van der Waals surface area contributed by atoms with Crippen LogP contribution in [0.15, 0.2) is 47.2 Å². The molecule has 0 bridgehead atoms. The molecule has 2 unspecified atom stereocenters. The van der Waals surface area contributed by atoms with E-state index in [2.05, 4.69) is 33.2 Å². The van der Waals surface area contributed by atoms with Gasteiger partial charge in [0.2, 0.25) is 0 Å². The summed E-state index contributed by atoms with van der Waals surface area (Å²) < 4.78 is 14.3. The molecule has 0 saturated carbocycles. The van der Waals surface area contributed by atoms with Gasteiger partial charge in [0.05, 0.1) is 0 Å². The van der Waals surface area contributed by atoms with E-state index in [-0.39, 0.29) is 17.8 Å². The van der Waals surface area contributed by atoms with Gasteiger partial charge in [0.25, 0.3) is 0 Å². The Hall–Kier alpha value is -1.26. The van der Waals surface area contributed by atoms with Crippen molar-refractivity contribution in [3.8, 4) is 0 Å². The number of nitrogens with zero attached hydrogens (tertiary/aromatic N) is 1. The second kappa shape index (κ2) is 6.26. The Morgan fingerprint density at radius 2 is 1.84 bits per heavy atom. The van der Waals surface area contributed by atoms with Crippen molar-refractivity contribution in [3.05, 3.63) is 64.1 Å². The van der Waals surface area contributed by atoms with Crippen molar-refractivity contribution >= 4 is 15.9 Å². The van der Waals surface area contributed by atoms with Crippen LogP contribution < -0.4 is 5.32 Å². The fourth-order valence-electron chi connectivity index (χ4n) is 2.32. The highest BCUT2D eigenvalue weighted by Gasteiger charge is 2.20. The summed E-state index contributed by atoms with van der Waals surface area (Å²) in [6, 6.07) is 9.01. The fraction of sp³-hybridized carbons (Fsp3) is 0.267. The van der Waals surface area contributed by atoms with Crippen LogP contribution in [-0.2, 0) is 0 Å². The molecule has 0 aliphatic heterocycles. The molecular weight excluding hydrogens is 307 g/mol. The zero-order valence-corrected chi connectivity index (χ0v) is 12.5. The minimum atomic E-state index is -0.230. The Balaban J connectivity index is 2.34. The van der Waals surface area contributed by atoms with Gasteiger partial charge in [-0.1, -0.05) is 22.9 Å². The van der Waals surface area contributed by atoms with Crippen molar-refractivity contribution in [2.75, 3.05) is 7.05 Å². The largest absolute Gasteiger partial charge is 0.312 e. The van der Waals surface area contributed by atoms with Crippen molar-refractivity contribution < 1.29 is 4.39 Å². The number of benzene rings is 1. The van der Waals surface area contributed by atoms with Crippen molar-refractivity contribution in [2.24, 2.45) is 0 Å². The number of hydrogen-bond donors (Lipinski definition) is 1. The number of hydrogen-bond acceptors (Lipinski definition) is 2. The first-order chi connectivity index (χ1) is 9.11. The summed E-state index contributed by atoms with van der Waals surface area (Å²) in [6.07, 6.45) is 3.56. The van der Waals surface area contributed by atoms with Gasteiger partial charge in [0.15, 0.2) is 0 Å². The van der Waals surface area contributed by atoms with Crippen LogP contribution in [0.3, 0.4) is 0 Å². The Bertz CT molecular complexity index is 525. The summed E-state index contributed by atoms with van der Waals surface area (Å²) in [6.45, 7) is 2.12. The zero-order chi connectivity index (χ0) is 13.8. The number of halogens is 2. The molecule has 19 heavy (non-hydrogen) atoms. The molecular formula is C15H16BrFN2. The smallest absolute Gasteiger partial charge is 0.124 e. The van der Waals surface area contributed by atoms with E-state index >= 15 is 0 Å². The predicted molar refractivity (Wildman–Crippen MR) is 78.6 cm³/mol. The van der Waals surface area contributed by atoms with Gasteiger partial charge < -0.3 is 5.32 Å². The van der Waals surface area contributed by atoms with Crippen molar-refractivity contribution in [1.29, 1.82) is 0 Å². The Morgan fingerprint density at radius 3 is 2.42 bits per heavy atom. The van der Waals surface area contributed by atoms with E-state index < -0.39 is 0 Å². The van der Waals surface area contributed by atoms with Gasteiger partial charge in [-0.3, -0.25) is 4.98 Å². The third kappa shape index (κ3) is 3.39. The highest BCUT2D eigenvalue weighted by Crippen LogP contribution is 2.31. The first kappa shape index (κ1) is 14.2. The van der Waals surface area contributed by atoms with Gasteiger partial charge in [0.1, 0.15) is 5.82 Å². The van der Waals surface area contributed by atoms with E-state index in [9.17, 15) is 4.39 Å². The number of nitrogens with one attached hydrogen (secondary N) is 1. The maximum atomic E-state index is 13.5. The van der Waals surface area contributed by atoms with Crippen LogP contribution in [0.1, 0.15) is 30.0 Å². The van der Waals surface area contributed by atoms with E-state index in [0.717, 1.165) is 10.0 Å². The molecule has 0 saturated heterocycles. The molecule has 0 radical (unpaired) electrons. The number of rotatable bonds is 4. The lowest BCUT2D eigenvalue weighted by Crippen LogP contribution is -2.22. The van der Waals surface area contributed by atoms with Gasteiger partial charge in [0, 0.05) is 28.8 Å². The molecule has 0 spiro atoms. The fourth-order valence-corrected chi connectivity index (χ4v) is 2.80. The van der Waals surface area contributed by atoms with E-state index in [1.54, 1.807) is 18.5 Å². The average molecular weight is 323 g/mol. The van der Waals surface area contributed by atoms with E-state index in [0.29, 0.717) is 0 Å². The zero-order valence-electron chi connectivity index (χ0n) is 10.9. The topological polar surface area (TPSA) is 24.9 Å². The first-order valence-electron chi connectivity index (χ1n) is 6.15. The monoisotopic (exact) mass is 322 g/mol. The third-order valence-corrected chi connectivity index (χ3v) is 3.74. The van der Waals surface area contributed by atoms with Gasteiger partial charge >= 0.3 is 0 Å². The second-order valence-corrected chi connectivity index (χ2v) is 5.45. The van der Waals surface area contributed by atoms with Crippen LogP contribution in [0.2, 0.25) is 0 Å². The lowest BCUT2D eigenvalue weighted by molar-refractivity contribution is 0.503. The van der Waals surface area contributed by atoms with Gasteiger partial charge in [-0.25, -0.2) is 4.39 Å². The van der Waals surface area contributed by atoms with Gasteiger partial charge in [-0.05, 0) is 48.5 Å². The summed E-state index contributed by atoms with van der Waals surface area (Å²) >= 11 is 3.34. The molecule has 0 fully saturated rings. The normalized spacial score (nSPS) is 14.1. The van der Waals surface area contributed by atoms with Crippen LogP contribution in [0.5, 0.6) is 0 Å². The van der Waals surface area contributed by atoms with E-state index in [4.69, 9.17) is 0 Å². The standard InChI is InChI=1S/C15H16BrFN2/c1-10(11-3-5-19-6-4-11)15(18-2)12-7-13(16)9-14(17)8-12/h3-10,15,18H,1-2H3. The molecule has 1 aromatic heterocycles. The summed E-state index contributed by atoms with van der Waals surface area (Å²) in [5, 5.41) is 3.26. The Labute approximate surface area is 121 Å².